The number of carbonyl (C=O) groups excluding carboxylic acids is 2. The molecule has 2 unspecified atom stereocenters. The minimum Gasteiger partial charge on any atom is -0.342 e. The topological polar surface area (TPSA) is 82.2 Å². The van der Waals surface area contributed by atoms with Crippen molar-refractivity contribution in [3.05, 3.63) is 24.3 Å². The van der Waals surface area contributed by atoms with Gasteiger partial charge in [-0.15, -0.1) is 0 Å². The fourth-order valence-corrected chi connectivity index (χ4v) is 4.05. The lowest BCUT2D eigenvalue weighted by molar-refractivity contribution is -0.141. The summed E-state index contributed by atoms with van der Waals surface area (Å²) >= 11 is 0. The van der Waals surface area contributed by atoms with Crippen LogP contribution < -0.4 is 0 Å². The first kappa shape index (κ1) is 16.1. The molecule has 0 spiro atoms. The van der Waals surface area contributed by atoms with E-state index in [4.69, 9.17) is 0 Å². The summed E-state index contributed by atoms with van der Waals surface area (Å²) in [6.07, 6.45) is 7.14. The second kappa shape index (κ2) is 6.46. The number of piperidine rings is 1. The molecule has 2 aliphatic heterocycles. The van der Waals surface area contributed by atoms with Crippen LogP contribution in [0.25, 0.3) is 11.0 Å². The number of aromatic amines is 1. The summed E-state index contributed by atoms with van der Waals surface area (Å²) in [7, 11) is 0. The fraction of sp³-hybridized carbons (Fsp3) is 0.556. The lowest BCUT2D eigenvalue weighted by atomic mass is 9.96. The van der Waals surface area contributed by atoms with E-state index in [9.17, 15) is 9.59 Å². The highest BCUT2D eigenvalue weighted by atomic mass is 16.2. The zero-order valence-electron chi connectivity index (χ0n) is 14.4. The third-order valence-electron chi connectivity index (χ3n) is 5.37. The Labute approximate surface area is 146 Å². The summed E-state index contributed by atoms with van der Waals surface area (Å²) in [5.74, 6) is 0.963. The predicted octanol–water partition coefficient (Wildman–Crippen LogP) is 1.88. The molecular weight excluding hydrogens is 318 g/mol. The van der Waals surface area contributed by atoms with Crippen LogP contribution in [0.2, 0.25) is 0 Å². The van der Waals surface area contributed by atoms with Crippen LogP contribution in [-0.4, -0.2) is 56.2 Å². The van der Waals surface area contributed by atoms with E-state index in [1.807, 2.05) is 11.0 Å². The Hall–Kier alpha value is -2.44. The third-order valence-corrected chi connectivity index (χ3v) is 5.37. The van der Waals surface area contributed by atoms with Crippen molar-refractivity contribution in [2.75, 3.05) is 19.6 Å². The molecule has 7 nitrogen and oxygen atoms in total. The number of amides is 2. The number of rotatable bonds is 2. The quantitative estimate of drug-likeness (QED) is 0.904. The predicted molar refractivity (Wildman–Crippen MR) is 92.6 cm³/mol. The fourth-order valence-electron chi connectivity index (χ4n) is 4.05. The first-order valence-electron chi connectivity index (χ1n) is 8.99. The van der Waals surface area contributed by atoms with Crippen molar-refractivity contribution in [3.63, 3.8) is 0 Å². The van der Waals surface area contributed by atoms with Crippen LogP contribution >= 0.6 is 0 Å². The van der Waals surface area contributed by atoms with Gasteiger partial charge >= 0.3 is 0 Å². The number of nitrogens with one attached hydrogen (secondary N) is 1. The van der Waals surface area contributed by atoms with Gasteiger partial charge in [0.25, 0.3) is 0 Å². The number of H-pyrrole nitrogens is 1. The van der Waals surface area contributed by atoms with Gasteiger partial charge in [0.2, 0.25) is 11.8 Å². The Balaban J connectivity index is 1.54. The summed E-state index contributed by atoms with van der Waals surface area (Å²) in [5, 5.41) is 0. The normalized spacial score (nSPS) is 24.0. The largest absolute Gasteiger partial charge is 0.342 e. The number of nitrogens with zero attached hydrogens (tertiary/aromatic N) is 4. The number of fused-ring (bicyclic) bond motifs is 1. The molecule has 2 amide bonds. The average molecular weight is 341 g/mol. The molecule has 132 valence electrons. The molecule has 2 saturated heterocycles. The summed E-state index contributed by atoms with van der Waals surface area (Å²) in [6, 6.07) is 1.87. The summed E-state index contributed by atoms with van der Waals surface area (Å²) in [6.45, 7) is 3.64. The molecule has 2 fully saturated rings. The van der Waals surface area contributed by atoms with Crippen molar-refractivity contribution in [2.24, 2.45) is 5.92 Å². The zero-order valence-corrected chi connectivity index (χ0v) is 14.4. The number of pyridine rings is 1. The molecule has 4 heterocycles. The molecule has 2 aromatic rings. The Morgan fingerprint density at radius 3 is 2.88 bits per heavy atom. The third kappa shape index (κ3) is 2.99. The Kier molecular flexibility index (Phi) is 4.15. The van der Waals surface area contributed by atoms with Crippen LogP contribution in [0.1, 0.15) is 44.5 Å². The van der Waals surface area contributed by atoms with Gasteiger partial charge in [-0.2, -0.15) is 0 Å². The van der Waals surface area contributed by atoms with Crippen LogP contribution in [0.4, 0.5) is 0 Å². The van der Waals surface area contributed by atoms with E-state index in [0.717, 1.165) is 55.6 Å². The number of imidazole rings is 1. The molecule has 2 aromatic heterocycles. The maximum Gasteiger partial charge on any atom is 0.228 e. The molecule has 0 aliphatic carbocycles. The minimum atomic E-state index is -0.0932. The molecular formula is C18H23N5O2. The molecule has 25 heavy (non-hydrogen) atoms. The molecule has 0 aromatic carbocycles. The van der Waals surface area contributed by atoms with E-state index < -0.39 is 0 Å². The van der Waals surface area contributed by atoms with Gasteiger partial charge in [-0.1, -0.05) is 0 Å². The van der Waals surface area contributed by atoms with Crippen molar-refractivity contribution < 1.29 is 9.59 Å². The highest BCUT2D eigenvalue weighted by Crippen LogP contribution is 2.33. The van der Waals surface area contributed by atoms with E-state index >= 15 is 0 Å². The molecule has 1 N–H and O–H groups in total. The van der Waals surface area contributed by atoms with Crippen molar-refractivity contribution in [1.82, 2.24) is 24.8 Å². The maximum absolute atomic E-state index is 13.1. The van der Waals surface area contributed by atoms with Crippen LogP contribution in [0.5, 0.6) is 0 Å². The Morgan fingerprint density at radius 2 is 2.08 bits per heavy atom. The molecule has 0 radical (unpaired) electrons. The van der Waals surface area contributed by atoms with Gasteiger partial charge in [-0.25, -0.2) is 4.98 Å². The zero-order chi connectivity index (χ0) is 17.4. The highest BCUT2D eigenvalue weighted by molar-refractivity contribution is 5.81. The second-order valence-corrected chi connectivity index (χ2v) is 7.01. The lowest BCUT2D eigenvalue weighted by Crippen LogP contribution is -2.46. The summed E-state index contributed by atoms with van der Waals surface area (Å²) in [5.41, 5.74) is 1.78. The molecule has 2 aliphatic rings. The van der Waals surface area contributed by atoms with Gasteiger partial charge in [0, 0.05) is 32.8 Å². The average Bonchev–Trinajstić information content (AvgIpc) is 3.27. The molecule has 0 bridgehead atoms. The molecule has 2 atom stereocenters. The summed E-state index contributed by atoms with van der Waals surface area (Å²) < 4.78 is 0. The molecule has 4 rings (SSSR count). The van der Waals surface area contributed by atoms with Gasteiger partial charge in [-0.05, 0) is 31.7 Å². The van der Waals surface area contributed by atoms with Crippen LogP contribution in [0.3, 0.4) is 0 Å². The second-order valence-electron chi connectivity index (χ2n) is 7.01. The number of hydrogen-bond donors (Lipinski definition) is 1. The van der Waals surface area contributed by atoms with Crippen LogP contribution in [0.15, 0.2) is 18.5 Å². The van der Waals surface area contributed by atoms with Crippen molar-refractivity contribution in [1.29, 1.82) is 0 Å². The van der Waals surface area contributed by atoms with Gasteiger partial charge in [0.1, 0.15) is 5.82 Å². The van der Waals surface area contributed by atoms with Crippen molar-refractivity contribution >= 4 is 22.8 Å². The van der Waals surface area contributed by atoms with Crippen molar-refractivity contribution in [3.8, 4) is 0 Å². The van der Waals surface area contributed by atoms with E-state index in [-0.39, 0.29) is 23.8 Å². The number of likely N-dealkylation sites (tertiary alicyclic amines) is 2. The molecule has 7 heteroatoms. The van der Waals surface area contributed by atoms with Crippen LogP contribution in [0, 0.1) is 5.92 Å². The van der Waals surface area contributed by atoms with E-state index in [1.54, 1.807) is 24.2 Å². The van der Waals surface area contributed by atoms with Crippen LogP contribution in [-0.2, 0) is 9.59 Å². The number of carbonyl (C=O) groups is 2. The molecule has 0 saturated carbocycles. The Morgan fingerprint density at radius 1 is 1.24 bits per heavy atom. The monoisotopic (exact) mass is 341 g/mol. The highest BCUT2D eigenvalue weighted by Gasteiger charge is 2.37. The smallest absolute Gasteiger partial charge is 0.228 e. The first-order chi connectivity index (χ1) is 12.1. The maximum atomic E-state index is 13.1. The van der Waals surface area contributed by atoms with E-state index in [2.05, 4.69) is 15.0 Å². The van der Waals surface area contributed by atoms with Gasteiger partial charge in [-0.3, -0.25) is 14.6 Å². The number of aromatic nitrogens is 3. The van der Waals surface area contributed by atoms with Gasteiger partial charge < -0.3 is 14.8 Å². The van der Waals surface area contributed by atoms with Gasteiger partial charge in [0.05, 0.1) is 29.2 Å². The number of hydrogen-bond acceptors (Lipinski definition) is 4. The summed E-state index contributed by atoms with van der Waals surface area (Å²) in [4.78, 5) is 40.6. The SMILES string of the molecule is CC(=O)N1CCCC(C(=O)N2CCCC2c2nc3ccncc3[nH]2)C1. The van der Waals surface area contributed by atoms with Gasteiger partial charge in [0.15, 0.2) is 0 Å². The van der Waals surface area contributed by atoms with E-state index in [1.165, 1.54) is 0 Å². The lowest BCUT2D eigenvalue weighted by Gasteiger charge is -2.34. The first-order valence-corrected chi connectivity index (χ1v) is 8.99. The Bertz CT molecular complexity index is 769. The van der Waals surface area contributed by atoms with Crippen molar-refractivity contribution in [2.45, 2.75) is 38.6 Å². The minimum absolute atomic E-state index is 0.00685. The standard InChI is InChI=1S/C18H23N5O2/c1-12(24)22-8-2-4-13(11-22)18(25)23-9-3-5-16(23)17-20-14-6-7-19-10-15(14)21-17/h6-7,10,13,16H,2-5,8-9,11H2,1H3,(H,20,21). The van der Waals surface area contributed by atoms with E-state index in [0.29, 0.717) is 6.54 Å².